The van der Waals surface area contributed by atoms with Crippen LogP contribution in [0, 0.1) is 0 Å². The molecule has 0 saturated carbocycles. The summed E-state index contributed by atoms with van der Waals surface area (Å²) in [5, 5.41) is 9.01. The van der Waals surface area contributed by atoms with Gasteiger partial charge in [-0.3, -0.25) is 0 Å². The summed E-state index contributed by atoms with van der Waals surface area (Å²) in [7, 11) is 0. The molecular weight excluding hydrogens is 219 g/mol. The molecule has 0 spiro atoms. The van der Waals surface area contributed by atoms with Gasteiger partial charge in [0.05, 0.1) is 6.34 Å². The maximum Gasteiger partial charge on any atom is 0.263 e. The van der Waals surface area contributed by atoms with Gasteiger partial charge in [-0.2, -0.15) is 0 Å². The molecular formula is C9H15FN2O4. The molecule has 0 bridgehead atoms. The number of hydrogen-bond donors (Lipinski definition) is 2. The van der Waals surface area contributed by atoms with Gasteiger partial charge in [-0.25, -0.2) is 9.38 Å². The molecule has 0 amide bonds. The number of hydrogen-bond acceptors (Lipinski definition) is 5. The van der Waals surface area contributed by atoms with E-state index in [1.807, 2.05) is 0 Å². The minimum absolute atomic E-state index is 0.702. The largest absolute Gasteiger partial charge is 0.390 e. The highest BCUT2D eigenvalue weighted by Gasteiger charge is 2.63. The van der Waals surface area contributed by atoms with Gasteiger partial charge in [0.25, 0.3) is 5.85 Å². The van der Waals surface area contributed by atoms with Crippen molar-refractivity contribution in [3.63, 3.8) is 0 Å². The van der Waals surface area contributed by atoms with Crippen molar-refractivity contribution in [3.8, 4) is 0 Å². The summed E-state index contributed by atoms with van der Waals surface area (Å²) < 4.78 is 29.9. The lowest BCUT2D eigenvalue weighted by atomic mass is 10.1. The van der Waals surface area contributed by atoms with Gasteiger partial charge in [-0.15, -0.1) is 0 Å². The maximum atomic E-state index is 14.1. The summed E-state index contributed by atoms with van der Waals surface area (Å²) in [6.45, 7) is 2.50. The summed E-state index contributed by atoms with van der Waals surface area (Å²) in [6, 6.07) is 0. The van der Waals surface area contributed by atoms with Gasteiger partial charge in [0.1, 0.15) is 12.7 Å². The Hall–Kier alpha value is -0.760. The molecule has 2 rings (SSSR count). The van der Waals surface area contributed by atoms with Crippen LogP contribution in [0.15, 0.2) is 4.99 Å². The molecule has 0 aliphatic carbocycles. The standard InChI is InChI=1S/C9H15FN2O4/c1-8(2)14-5-6(15-8)9(10,3-13)16-7(5)12-4-11/h4-7,13H,3H2,1-2H3,(H2,11,12). The SMILES string of the molecule is CC1(C)OC2C(N=CN)OC(F)(CO)C2O1. The number of nitrogens with two attached hydrogens (primary N) is 1. The number of fused-ring (bicyclic) bond motifs is 1. The lowest BCUT2D eigenvalue weighted by Gasteiger charge is -2.25. The number of aliphatic imine (C=N–C) groups is 1. The number of aliphatic hydroxyl groups is 1. The summed E-state index contributed by atoms with van der Waals surface area (Å²) in [6.07, 6.45) is -1.58. The van der Waals surface area contributed by atoms with Gasteiger partial charge >= 0.3 is 0 Å². The van der Waals surface area contributed by atoms with Gasteiger partial charge in [-0.1, -0.05) is 0 Å². The zero-order valence-electron chi connectivity index (χ0n) is 9.09. The number of ether oxygens (including phenoxy) is 3. The first kappa shape index (κ1) is 11.7. The monoisotopic (exact) mass is 234 g/mol. The van der Waals surface area contributed by atoms with Gasteiger partial charge in [0, 0.05) is 0 Å². The van der Waals surface area contributed by atoms with Gasteiger partial charge < -0.3 is 25.1 Å². The second-order valence-electron chi connectivity index (χ2n) is 4.27. The lowest BCUT2D eigenvalue weighted by molar-refractivity contribution is -0.252. The molecule has 7 heteroatoms. The van der Waals surface area contributed by atoms with E-state index in [1.54, 1.807) is 13.8 Å². The molecule has 3 N–H and O–H groups in total. The van der Waals surface area contributed by atoms with Crippen LogP contribution in [0.3, 0.4) is 0 Å². The molecule has 2 fully saturated rings. The minimum atomic E-state index is -2.30. The van der Waals surface area contributed by atoms with Gasteiger partial charge in [-0.05, 0) is 13.8 Å². The Morgan fingerprint density at radius 3 is 2.69 bits per heavy atom. The van der Waals surface area contributed by atoms with Crippen LogP contribution in [0.25, 0.3) is 0 Å². The topological polar surface area (TPSA) is 86.3 Å². The van der Waals surface area contributed by atoms with Crippen molar-refractivity contribution in [2.75, 3.05) is 6.61 Å². The third-order valence-corrected chi connectivity index (χ3v) is 2.60. The lowest BCUT2D eigenvalue weighted by Crippen LogP contribution is -2.42. The zero-order chi connectivity index (χ0) is 12.0. The van der Waals surface area contributed by atoms with E-state index in [-0.39, 0.29) is 0 Å². The molecule has 2 saturated heterocycles. The second kappa shape index (κ2) is 3.63. The third-order valence-electron chi connectivity index (χ3n) is 2.60. The number of halogens is 1. The van der Waals surface area contributed by atoms with E-state index < -0.39 is 36.7 Å². The molecule has 6 nitrogen and oxygen atoms in total. The van der Waals surface area contributed by atoms with Crippen LogP contribution in [-0.4, -0.2) is 48.1 Å². The van der Waals surface area contributed by atoms with Crippen LogP contribution in [0.5, 0.6) is 0 Å². The van der Waals surface area contributed by atoms with Crippen molar-refractivity contribution in [2.24, 2.45) is 10.7 Å². The fraction of sp³-hybridized carbons (Fsp3) is 0.889. The van der Waals surface area contributed by atoms with E-state index in [1.165, 1.54) is 0 Å². The molecule has 4 atom stereocenters. The van der Waals surface area contributed by atoms with Crippen molar-refractivity contribution in [1.82, 2.24) is 0 Å². The summed E-state index contributed by atoms with van der Waals surface area (Å²) >= 11 is 0. The van der Waals surface area contributed by atoms with Crippen LogP contribution < -0.4 is 5.73 Å². The molecule has 92 valence electrons. The number of nitrogens with zero attached hydrogens (tertiary/aromatic N) is 1. The van der Waals surface area contributed by atoms with Crippen LogP contribution in [0.4, 0.5) is 4.39 Å². The predicted molar refractivity (Wildman–Crippen MR) is 52.3 cm³/mol. The van der Waals surface area contributed by atoms with Crippen molar-refractivity contribution < 1.29 is 23.7 Å². The van der Waals surface area contributed by atoms with E-state index in [2.05, 4.69) is 4.99 Å². The summed E-state index contributed by atoms with van der Waals surface area (Å²) in [5.41, 5.74) is 5.14. The van der Waals surface area contributed by atoms with E-state index >= 15 is 0 Å². The molecule has 0 aromatic rings. The Labute approximate surface area is 92.2 Å². The average molecular weight is 234 g/mol. The van der Waals surface area contributed by atoms with E-state index in [0.717, 1.165) is 6.34 Å². The Balaban J connectivity index is 2.25. The predicted octanol–water partition coefficient (Wildman–Crippen LogP) is -0.492. The zero-order valence-corrected chi connectivity index (χ0v) is 9.09. The van der Waals surface area contributed by atoms with Crippen molar-refractivity contribution in [2.45, 2.75) is 43.9 Å². The normalized spacial score (nSPS) is 46.4. The number of aliphatic hydroxyl groups excluding tert-OH is 1. The molecule has 0 radical (unpaired) electrons. The van der Waals surface area contributed by atoms with Gasteiger partial charge in [0.15, 0.2) is 18.1 Å². The van der Waals surface area contributed by atoms with Crippen molar-refractivity contribution in [3.05, 3.63) is 0 Å². The molecule has 0 aromatic heterocycles. The van der Waals surface area contributed by atoms with Crippen LogP contribution in [0.1, 0.15) is 13.8 Å². The average Bonchev–Trinajstić information content (AvgIpc) is 2.64. The summed E-state index contributed by atoms with van der Waals surface area (Å²) in [4.78, 5) is 3.75. The second-order valence-corrected chi connectivity index (χ2v) is 4.27. The van der Waals surface area contributed by atoms with E-state index in [9.17, 15) is 4.39 Å². The highest BCUT2D eigenvalue weighted by molar-refractivity contribution is 5.51. The Morgan fingerprint density at radius 2 is 2.12 bits per heavy atom. The molecule has 2 heterocycles. The molecule has 16 heavy (non-hydrogen) atoms. The van der Waals surface area contributed by atoms with Crippen molar-refractivity contribution >= 4 is 6.34 Å². The number of alkyl halides is 1. The van der Waals surface area contributed by atoms with Crippen LogP contribution >= 0.6 is 0 Å². The Bertz CT molecular complexity index is 312. The molecule has 2 aliphatic rings. The summed E-state index contributed by atoms with van der Waals surface area (Å²) in [5.74, 6) is -3.22. The highest BCUT2D eigenvalue weighted by atomic mass is 19.2. The quantitative estimate of drug-likeness (QED) is 0.497. The van der Waals surface area contributed by atoms with Gasteiger partial charge in [0.2, 0.25) is 0 Å². The molecule has 2 aliphatic heterocycles. The van der Waals surface area contributed by atoms with E-state index in [4.69, 9.17) is 25.1 Å². The molecule has 0 aromatic carbocycles. The Kier molecular flexibility index (Phi) is 2.66. The Morgan fingerprint density at radius 1 is 1.44 bits per heavy atom. The first-order valence-corrected chi connectivity index (χ1v) is 4.98. The first-order valence-electron chi connectivity index (χ1n) is 4.98. The van der Waals surface area contributed by atoms with Crippen LogP contribution in [0.2, 0.25) is 0 Å². The third kappa shape index (κ3) is 1.69. The minimum Gasteiger partial charge on any atom is -0.390 e. The first-order chi connectivity index (χ1) is 7.42. The molecule has 4 unspecified atom stereocenters. The van der Waals surface area contributed by atoms with Crippen LogP contribution in [-0.2, 0) is 14.2 Å². The smallest absolute Gasteiger partial charge is 0.263 e. The maximum absolute atomic E-state index is 14.1. The fourth-order valence-electron chi connectivity index (χ4n) is 1.99. The highest BCUT2D eigenvalue weighted by Crippen LogP contribution is 2.44. The number of rotatable bonds is 2. The fourth-order valence-corrected chi connectivity index (χ4v) is 1.99. The van der Waals surface area contributed by atoms with Crippen molar-refractivity contribution in [1.29, 1.82) is 0 Å². The van der Waals surface area contributed by atoms with E-state index in [0.29, 0.717) is 0 Å².